The highest BCUT2D eigenvalue weighted by atomic mass is 16.2. The molecule has 0 radical (unpaired) electrons. The molecule has 0 saturated carbocycles. The molecule has 5 heteroatoms. The zero-order valence-electron chi connectivity index (χ0n) is 11.0. The Hall–Kier alpha value is -1.72. The number of aliphatic hydroxyl groups is 1. The van der Waals surface area contributed by atoms with Crippen molar-refractivity contribution in [1.82, 2.24) is 15.3 Å². The number of hydrogen-bond donors (Lipinski definition) is 3. The maximum absolute atomic E-state index is 11.9. The summed E-state index contributed by atoms with van der Waals surface area (Å²) in [7, 11) is 0. The summed E-state index contributed by atoms with van der Waals surface area (Å²) in [6.45, 7) is 2.78. The number of aliphatic hydroxyl groups excluding tert-OH is 1. The molecule has 1 unspecified atom stereocenters. The van der Waals surface area contributed by atoms with Gasteiger partial charge < -0.3 is 15.4 Å². The molecule has 0 aliphatic heterocycles. The minimum Gasteiger partial charge on any atom is -0.396 e. The Morgan fingerprint density at radius 3 is 3.00 bits per heavy atom. The summed E-state index contributed by atoms with van der Waals surface area (Å²) in [5.74, 6) is 0.638. The van der Waals surface area contributed by atoms with Crippen LogP contribution in [0.1, 0.15) is 25.6 Å². The number of nitrogens with one attached hydrogen (secondary N) is 2. The minimum atomic E-state index is -0.106. The van der Waals surface area contributed by atoms with Crippen LogP contribution < -0.4 is 10.9 Å². The fourth-order valence-corrected chi connectivity index (χ4v) is 1.99. The second-order valence-corrected chi connectivity index (χ2v) is 4.68. The number of benzene rings is 1. The fourth-order valence-electron chi connectivity index (χ4n) is 1.99. The molecule has 5 nitrogen and oxygen atoms in total. The van der Waals surface area contributed by atoms with E-state index in [1.54, 1.807) is 6.07 Å². The van der Waals surface area contributed by atoms with Crippen LogP contribution in [0.2, 0.25) is 0 Å². The van der Waals surface area contributed by atoms with Gasteiger partial charge in [0.1, 0.15) is 5.82 Å². The molecule has 2 aromatic rings. The van der Waals surface area contributed by atoms with E-state index in [0.717, 1.165) is 12.8 Å². The van der Waals surface area contributed by atoms with Gasteiger partial charge in [-0.2, -0.15) is 0 Å². The Balaban J connectivity index is 2.07. The van der Waals surface area contributed by atoms with E-state index in [-0.39, 0.29) is 18.2 Å². The van der Waals surface area contributed by atoms with E-state index >= 15 is 0 Å². The predicted octanol–water partition coefficient (Wildman–Crippen LogP) is 1.17. The lowest BCUT2D eigenvalue weighted by Gasteiger charge is -2.12. The van der Waals surface area contributed by atoms with E-state index in [2.05, 4.69) is 22.2 Å². The smallest absolute Gasteiger partial charge is 0.258 e. The molecule has 0 amide bonds. The van der Waals surface area contributed by atoms with E-state index in [1.165, 1.54) is 0 Å². The highest BCUT2D eigenvalue weighted by molar-refractivity contribution is 5.77. The summed E-state index contributed by atoms with van der Waals surface area (Å²) in [4.78, 5) is 19.1. The van der Waals surface area contributed by atoms with E-state index in [4.69, 9.17) is 5.11 Å². The molecule has 0 spiro atoms. The van der Waals surface area contributed by atoms with Gasteiger partial charge in [0.25, 0.3) is 5.56 Å². The Labute approximate surface area is 111 Å². The van der Waals surface area contributed by atoms with Gasteiger partial charge in [-0.15, -0.1) is 0 Å². The summed E-state index contributed by atoms with van der Waals surface area (Å²) in [6.07, 6.45) is 1.67. The van der Waals surface area contributed by atoms with Gasteiger partial charge in [0.05, 0.1) is 17.4 Å². The van der Waals surface area contributed by atoms with Crippen LogP contribution in [-0.4, -0.2) is 27.7 Å². The third kappa shape index (κ3) is 3.62. The average molecular weight is 261 g/mol. The monoisotopic (exact) mass is 261 g/mol. The normalized spacial score (nSPS) is 12.7. The van der Waals surface area contributed by atoms with Crippen LogP contribution in [0, 0.1) is 0 Å². The van der Waals surface area contributed by atoms with E-state index < -0.39 is 0 Å². The third-order valence-electron chi connectivity index (χ3n) is 3.08. The summed E-state index contributed by atoms with van der Waals surface area (Å²) < 4.78 is 0. The lowest BCUT2D eigenvalue weighted by molar-refractivity contribution is 0.276. The second kappa shape index (κ2) is 6.45. The quantitative estimate of drug-likeness (QED) is 0.729. The number of fused-ring (bicyclic) bond motifs is 1. The van der Waals surface area contributed by atoms with Crippen LogP contribution in [0.15, 0.2) is 29.1 Å². The fraction of sp³-hybridized carbons (Fsp3) is 0.429. The Morgan fingerprint density at radius 2 is 2.21 bits per heavy atom. The molecule has 19 heavy (non-hydrogen) atoms. The number of hydrogen-bond acceptors (Lipinski definition) is 4. The first-order chi connectivity index (χ1) is 9.20. The first-order valence-electron chi connectivity index (χ1n) is 6.53. The molecule has 1 heterocycles. The standard InChI is InChI=1S/C14H19N3O2/c1-10(5-4-8-18)15-9-13-16-12-7-3-2-6-11(12)14(19)17-13/h2-3,6-7,10,15,18H,4-5,8-9H2,1H3,(H,16,17,19). The highest BCUT2D eigenvalue weighted by Crippen LogP contribution is 2.05. The third-order valence-corrected chi connectivity index (χ3v) is 3.08. The van der Waals surface area contributed by atoms with Gasteiger partial charge in [-0.25, -0.2) is 4.98 Å². The molecule has 0 bridgehead atoms. The predicted molar refractivity (Wildman–Crippen MR) is 75.0 cm³/mol. The molecular weight excluding hydrogens is 242 g/mol. The first-order valence-corrected chi connectivity index (χ1v) is 6.53. The van der Waals surface area contributed by atoms with Gasteiger partial charge in [-0.3, -0.25) is 4.79 Å². The van der Waals surface area contributed by atoms with Crippen molar-refractivity contribution in [2.45, 2.75) is 32.4 Å². The van der Waals surface area contributed by atoms with E-state index in [9.17, 15) is 4.79 Å². The molecular formula is C14H19N3O2. The van der Waals surface area contributed by atoms with Gasteiger partial charge in [0.2, 0.25) is 0 Å². The number of nitrogens with zero attached hydrogens (tertiary/aromatic N) is 1. The Bertz CT molecular complexity index is 595. The van der Waals surface area contributed by atoms with Crippen molar-refractivity contribution in [3.05, 3.63) is 40.4 Å². The molecule has 0 fully saturated rings. The lowest BCUT2D eigenvalue weighted by atomic mass is 10.2. The Morgan fingerprint density at radius 1 is 1.42 bits per heavy atom. The van der Waals surface area contributed by atoms with Crippen molar-refractivity contribution < 1.29 is 5.11 Å². The van der Waals surface area contributed by atoms with Crippen LogP contribution in [0.5, 0.6) is 0 Å². The maximum Gasteiger partial charge on any atom is 0.258 e. The first kappa shape index (κ1) is 13.7. The molecule has 2 rings (SSSR count). The topological polar surface area (TPSA) is 78.0 Å². The summed E-state index contributed by atoms with van der Waals surface area (Å²) in [6, 6.07) is 7.58. The molecule has 3 N–H and O–H groups in total. The number of rotatable bonds is 6. The van der Waals surface area contributed by atoms with Crippen molar-refractivity contribution in [2.24, 2.45) is 0 Å². The van der Waals surface area contributed by atoms with Gasteiger partial charge in [-0.1, -0.05) is 12.1 Å². The van der Waals surface area contributed by atoms with Crippen LogP contribution in [0.25, 0.3) is 10.9 Å². The van der Waals surface area contributed by atoms with Gasteiger partial charge in [0.15, 0.2) is 0 Å². The highest BCUT2D eigenvalue weighted by Gasteiger charge is 2.05. The summed E-state index contributed by atoms with van der Waals surface area (Å²) >= 11 is 0. The van der Waals surface area contributed by atoms with Crippen LogP contribution in [-0.2, 0) is 6.54 Å². The number of H-pyrrole nitrogens is 1. The van der Waals surface area contributed by atoms with E-state index in [0.29, 0.717) is 23.3 Å². The summed E-state index contributed by atoms with van der Waals surface area (Å²) in [5.41, 5.74) is 0.608. The van der Waals surface area contributed by atoms with Gasteiger partial charge >= 0.3 is 0 Å². The number of aromatic nitrogens is 2. The van der Waals surface area contributed by atoms with Crippen molar-refractivity contribution in [3.63, 3.8) is 0 Å². The largest absolute Gasteiger partial charge is 0.396 e. The molecule has 0 aliphatic rings. The van der Waals surface area contributed by atoms with Crippen molar-refractivity contribution >= 4 is 10.9 Å². The van der Waals surface area contributed by atoms with Crippen molar-refractivity contribution in [1.29, 1.82) is 0 Å². The molecule has 102 valence electrons. The minimum absolute atomic E-state index is 0.106. The zero-order valence-corrected chi connectivity index (χ0v) is 11.0. The molecule has 1 aromatic carbocycles. The number of para-hydroxylation sites is 1. The molecule has 1 aromatic heterocycles. The zero-order chi connectivity index (χ0) is 13.7. The average Bonchev–Trinajstić information content (AvgIpc) is 2.43. The van der Waals surface area contributed by atoms with Crippen molar-refractivity contribution in [3.8, 4) is 0 Å². The van der Waals surface area contributed by atoms with Gasteiger partial charge in [0, 0.05) is 12.6 Å². The van der Waals surface area contributed by atoms with Crippen molar-refractivity contribution in [2.75, 3.05) is 6.61 Å². The van der Waals surface area contributed by atoms with Crippen LogP contribution in [0.4, 0.5) is 0 Å². The maximum atomic E-state index is 11.9. The molecule has 0 saturated heterocycles. The SMILES string of the molecule is CC(CCCO)NCc1nc2ccccc2c(=O)[nH]1. The second-order valence-electron chi connectivity index (χ2n) is 4.68. The van der Waals surface area contributed by atoms with Crippen LogP contribution >= 0.6 is 0 Å². The lowest BCUT2D eigenvalue weighted by Crippen LogP contribution is -2.27. The molecule has 1 atom stereocenters. The molecule has 0 aliphatic carbocycles. The van der Waals surface area contributed by atoms with E-state index in [1.807, 2.05) is 18.2 Å². The van der Waals surface area contributed by atoms with Crippen LogP contribution in [0.3, 0.4) is 0 Å². The summed E-state index contributed by atoms with van der Waals surface area (Å²) in [5, 5.41) is 12.7. The Kier molecular flexibility index (Phi) is 4.65. The number of aromatic amines is 1. The van der Waals surface area contributed by atoms with Gasteiger partial charge in [-0.05, 0) is 31.9 Å².